The smallest absolute Gasteiger partial charge is 0.266 e. The van der Waals surface area contributed by atoms with E-state index >= 15 is 0 Å². The van der Waals surface area contributed by atoms with Crippen LogP contribution in [0.5, 0.6) is 0 Å². The molecule has 0 heterocycles. The lowest BCUT2D eigenvalue weighted by Gasteiger charge is -2.14. The Labute approximate surface area is 182 Å². The van der Waals surface area contributed by atoms with Crippen molar-refractivity contribution in [3.63, 3.8) is 0 Å². The lowest BCUT2D eigenvalue weighted by molar-refractivity contribution is 0.308. The molecular formula is C27H24O3S. The van der Waals surface area contributed by atoms with Crippen LogP contribution in [-0.2, 0) is 20.7 Å². The van der Waals surface area contributed by atoms with E-state index in [1.54, 1.807) is 24.3 Å². The van der Waals surface area contributed by atoms with Gasteiger partial charge in [-0.1, -0.05) is 72.3 Å². The molecule has 4 heteroatoms. The molecule has 0 fully saturated rings. The van der Waals surface area contributed by atoms with E-state index in [-0.39, 0.29) is 11.5 Å². The van der Waals surface area contributed by atoms with Crippen LogP contribution >= 0.6 is 0 Å². The molecule has 0 spiro atoms. The third-order valence-corrected chi connectivity index (χ3v) is 7.33. The van der Waals surface area contributed by atoms with E-state index in [1.165, 1.54) is 37.9 Å². The van der Waals surface area contributed by atoms with E-state index in [9.17, 15) is 8.42 Å². The second kappa shape index (κ2) is 7.95. The molecule has 0 radical (unpaired) electrons. The molecule has 156 valence electrons. The van der Waals surface area contributed by atoms with Crippen LogP contribution in [0.15, 0.2) is 83.8 Å². The van der Waals surface area contributed by atoms with Crippen molar-refractivity contribution in [3.05, 3.63) is 90.0 Å². The fraction of sp³-hybridized carbons (Fsp3) is 0.185. The molecule has 0 N–H and O–H groups in total. The van der Waals surface area contributed by atoms with E-state index in [0.29, 0.717) is 6.42 Å². The Balaban J connectivity index is 1.30. The van der Waals surface area contributed by atoms with Gasteiger partial charge in [-0.15, -0.1) is 0 Å². The monoisotopic (exact) mass is 428 g/mol. The molecule has 5 aromatic carbocycles. The normalized spacial score (nSPS) is 12.3. The average molecular weight is 429 g/mol. The molecule has 0 aliphatic rings. The Morgan fingerprint density at radius 1 is 0.710 bits per heavy atom. The molecule has 5 aromatic rings. The molecule has 0 unspecified atom stereocenters. The maximum absolute atomic E-state index is 12.3. The Bertz CT molecular complexity index is 1450. The second-order valence-electron chi connectivity index (χ2n) is 8.13. The van der Waals surface area contributed by atoms with E-state index in [0.717, 1.165) is 18.4 Å². The highest BCUT2D eigenvalue weighted by Crippen LogP contribution is 2.36. The Hall–Kier alpha value is -2.95. The summed E-state index contributed by atoms with van der Waals surface area (Å²) < 4.78 is 29.9. The molecular weight excluding hydrogens is 404 g/mol. The predicted octanol–water partition coefficient (Wildman–Crippen LogP) is 6.62. The summed E-state index contributed by atoms with van der Waals surface area (Å²) in [7, 11) is -3.69. The minimum Gasteiger partial charge on any atom is -0.266 e. The largest absolute Gasteiger partial charge is 0.296 e. The molecule has 0 aliphatic carbocycles. The van der Waals surface area contributed by atoms with E-state index in [4.69, 9.17) is 4.18 Å². The van der Waals surface area contributed by atoms with E-state index in [2.05, 4.69) is 54.6 Å². The second-order valence-corrected chi connectivity index (χ2v) is 9.74. The van der Waals surface area contributed by atoms with Crippen LogP contribution < -0.4 is 0 Å². The van der Waals surface area contributed by atoms with Gasteiger partial charge in [-0.2, -0.15) is 8.42 Å². The van der Waals surface area contributed by atoms with Crippen molar-refractivity contribution < 1.29 is 12.6 Å². The highest BCUT2D eigenvalue weighted by atomic mass is 32.2. The number of hydrogen-bond acceptors (Lipinski definition) is 3. The van der Waals surface area contributed by atoms with Crippen molar-refractivity contribution in [2.24, 2.45) is 0 Å². The quantitative estimate of drug-likeness (QED) is 0.166. The molecule has 0 aliphatic heterocycles. The minimum absolute atomic E-state index is 0.196. The average Bonchev–Trinajstić information content (AvgIpc) is 2.78. The van der Waals surface area contributed by atoms with Crippen LogP contribution in [0.2, 0.25) is 0 Å². The van der Waals surface area contributed by atoms with Crippen molar-refractivity contribution in [1.29, 1.82) is 0 Å². The molecule has 3 nitrogen and oxygen atoms in total. The standard InChI is InChI=1S/C27H24O3S/c1-19-8-15-24(16-9-19)31(28,29)30-18-3-2-5-20-10-11-23-13-12-21-6-4-7-22-14-17-25(20)27(23)26(21)22/h4,6-17H,2-3,5,18H2,1H3. The van der Waals surface area contributed by atoms with Gasteiger partial charge in [-0.05, 0) is 76.2 Å². The van der Waals surface area contributed by atoms with Crippen LogP contribution in [-0.4, -0.2) is 15.0 Å². The zero-order valence-electron chi connectivity index (χ0n) is 17.5. The van der Waals surface area contributed by atoms with Gasteiger partial charge < -0.3 is 0 Å². The highest BCUT2D eigenvalue weighted by Gasteiger charge is 2.15. The molecule has 0 saturated heterocycles. The van der Waals surface area contributed by atoms with Gasteiger partial charge >= 0.3 is 0 Å². The summed E-state index contributed by atoms with van der Waals surface area (Å²) in [5.41, 5.74) is 2.32. The molecule has 5 rings (SSSR count). The van der Waals surface area contributed by atoms with Gasteiger partial charge in [0, 0.05) is 0 Å². The summed E-state index contributed by atoms with van der Waals surface area (Å²) in [5, 5.41) is 7.73. The van der Waals surface area contributed by atoms with Crippen molar-refractivity contribution >= 4 is 42.4 Å². The van der Waals surface area contributed by atoms with Gasteiger partial charge in [0.25, 0.3) is 10.1 Å². The number of unbranched alkanes of at least 4 members (excludes halogenated alkanes) is 1. The van der Waals surface area contributed by atoms with E-state index < -0.39 is 10.1 Å². The lowest BCUT2D eigenvalue weighted by Crippen LogP contribution is -2.08. The SMILES string of the molecule is Cc1ccc(S(=O)(=O)OCCCCc2ccc3ccc4cccc5ccc2c3c45)cc1. The lowest BCUT2D eigenvalue weighted by atomic mass is 9.91. The summed E-state index contributed by atoms with van der Waals surface area (Å²) in [6.07, 6.45) is 2.45. The van der Waals surface area contributed by atoms with Gasteiger partial charge in [-0.3, -0.25) is 4.18 Å². The first-order valence-electron chi connectivity index (χ1n) is 10.6. The molecule has 0 saturated carbocycles. The fourth-order valence-electron chi connectivity index (χ4n) is 4.37. The van der Waals surface area contributed by atoms with Gasteiger partial charge in [0.1, 0.15) is 0 Å². The summed E-state index contributed by atoms with van der Waals surface area (Å²) in [6, 6.07) is 26.4. The molecule has 0 atom stereocenters. The van der Waals surface area contributed by atoms with Crippen LogP contribution in [0.4, 0.5) is 0 Å². The van der Waals surface area contributed by atoms with Crippen molar-refractivity contribution in [2.75, 3.05) is 6.61 Å². The zero-order chi connectivity index (χ0) is 21.4. The van der Waals surface area contributed by atoms with Crippen LogP contribution in [0.1, 0.15) is 24.0 Å². The Morgan fingerprint density at radius 3 is 2.10 bits per heavy atom. The third kappa shape index (κ3) is 3.78. The maximum Gasteiger partial charge on any atom is 0.296 e. The zero-order valence-corrected chi connectivity index (χ0v) is 18.3. The van der Waals surface area contributed by atoms with Crippen molar-refractivity contribution in [3.8, 4) is 0 Å². The maximum atomic E-state index is 12.3. The third-order valence-electron chi connectivity index (χ3n) is 6.01. The number of benzene rings is 5. The first-order valence-corrected chi connectivity index (χ1v) is 12.1. The Kier molecular flexibility index (Phi) is 5.12. The van der Waals surface area contributed by atoms with Gasteiger partial charge in [0.05, 0.1) is 11.5 Å². The molecule has 0 amide bonds. The fourth-order valence-corrected chi connectivity index (χ4v) is 5.32. The number of rotatable bonds is 7. The van der Waals surface area contributed by atoms with Gasteiger partial charge in [-0.25, -0.2) is 0 Å². The Morgan fingerprint density at radius 2 is 1.35 bits per heavy atom. The van der Waals surface area contributed by atoms with Crippen LogP contribution in [0.25, 0.3) is 32.3 Å². The topological polar surface area (TPSA) is 43.4 Å². The minimum atomic E-state index is -3.69. The van der Waals surface area contributed by atoms with Crippen molar-refractivity contribution in [1.82, 2.24) is 0 Å². The summed E-state index contributed by atoms with van der Waals surface area (Å²) in [6.45, 7) is 2.12. The number of hydrogen-bond donors (Lipinski definition) is 0. The highest BCUT2D eigenvalue weighted by molar-refractivity contribution is 7.86. The van der Waals surface area contributed by atoms with Crippen LogP contribution in [0.3, 0.4) is 0 Å². The van der Waals surface area contributed by atoms with Crippen molar-refractivity contribution in [2.45, 2.75) is 31.1 Å². The summed E-state index contributed by atoms with van der Waals surface area (Å²) >= 11 is 0. The first kappa shape index (κ1) is 20.0. The van der Waals surface area contributed by atoms with Crippen LogP contribution in [0, 0.1) is 6.92 Å². The summed E-state index contributed by atoms with van der Waals surface area (Å²) in [5.74, 6) is 0. The first-order chi connectivity index (χ1) is 15.0. The van der Waals surface area contributed by atoms with E-state index in [1.807, 2.05) is 6.92 Å². The van der Waals surface area contributed by atoms with Gasteiger partial charge in [0.2, 0.25) is 0 Å². The summed E-state index contributed by atoms with van der Waals surface area (Å²) in [4.78, 5) is 0.213. The number of aryl methyl sites for hydroxylation is 2. The van der Waals surface area contributed by atoms with Gasteiger partial charge in [0.15, 0.2) is 0 Å². The predicted molar refractivity (Wildman–Crippen MR) is 127 cm³/mol. The molecule has 0 bridgehead atoms. The molecule has 31 heavy (non-hydrogen) atoms. The molecule has 0 aromatic heterocycles.